The fourth-order valence-corrected chi connectivity index (χ4v) is 2.16. The number of amides is 2. The van der Waals surface area contributed by atoms with Crippen LogP contribution in [0.25, 0.3) is 0 Å². The Morgan fingerprint density at radius 1 is 1.30 bits per heavy atom. The van der Waals surface area contributed by atoms with Gasteiger partial charge in [-0.2, -0.15) is 0 Å². The highest BCUT2D eigenvalue weighted by Gasteiger charge is 2.22. The zero-order valence-corrected chi connectivity index (χ0v) is 11.9. The molecule has 1 aromatic rings. The van der Waals surface area contributed by atoms with Crippen molar-refractivity contribution in [2.75, 3.05) is 31.1 Å². The first-order valence-corrected chi connectivity index (χ1v) is 6.83. The minimum atomic E-state index is -0.0192. The third-order valence-corrected chi connectivity index (χ3v) is 3.18. The molecule has 6 nitrogen and oxygen atoms in total. The first-order valence-electron chi connectivity index (χ1n) is 6.83. The molecule has 0 aliphatic carbocycles. The van der Waals surface area contributed by atoms with Crippen molar-refractivity contribution in [1.29, 1.82) is 0 Å². The van der Waals surface area contributed by atoms with Crippen LogP contribution in [0.5, 0.6) is 0 Å². The molecule has 2 rings (SSSR count). The van der Waals surface area contributed by atoms with Crippen molar-refractivity contribution in [2.24, 2.45) is 0 Å². The molecule has 1 aromatic heterocycles. The lowest BCUT2D eigenvalue weighted by atomic mass is 10.3. The van der Waals surface area contributed by atoms with Crippen LogP contribution in [0.4, 0.5) is 10.6 Å². The number of piperazine rings is 1. The molecule has 0 saturated carbocycles. The highest BCUT2D eigenvalue weighted by atomic mass is 16.2. The van der Waals surface area contributed by atoms with E-state index in [1.54, 1.807) is 11.0 Å². The van der Waals surface area contributed by atoms with Crippen molar-refractivity contribution in [3.63, 3.8) is 0 Å². The highest BCUT2D eigenvalue weighted by molar-refractivity contribution is 5.75. The van der Waals surface area contributed by atoms with Gasteiger partial charge in [-0.3, -0.25) is 4.79 Å². The minimum absolute atomic E-state index is 0.0192. The lowest BCUT2D eigenvalue weighted by Crippen LogP contribution is -2.53. The number of aromatic nitrogens is 1. The van der Waals surface area contributed by atoms with E-state index in [9.17, 15) is 9.59 Å². The Morgan fingerprint density at radius 2 is 2.00 bits per heavy atom. The number of aldehydes is 1. The third kappa shape index (κ3) is 3.46. The van der Waals surface area contributed by atoms with Crippen LogP contribution < -0.4 is 10.2 Å². The van der Waals surface area contributed by atoms with Gasteiger partial charge >= 0.3 is 6.03 Å². The van der Waals surface area contributed by atoms with E-state index >= 15 is 0 Å². The molecule has 2 amide bonds. The van der Waals surface area contributed by atoms with E-state index in [0.29, 0.717) is 18.8 Å². The summed E-state index contributed by atoms with van der Waals surface area (Å²) in [7, 11) is 0. The van der Waals surface area contributed by atoms with E-state index in [2.05, 4.69) is 15.2 Å². The Bertz CT molecular complexity index is 482. The molecule has 1 saturated heterocycles. The number of rotatable bonds is 3. The smallest absolute Gasteiger partial charge is 0.317 e. The number of nitrogens with one attached hydrogen (secondary N) is 1. The average Bonchev–Trinajstić information content (AvgIpc) is 2.47. The van der Waals surface area contributed by atoms with Gasteiger partial charge in [0, 0.05) is 32.2 Å². The summed E-state index contributed by atoms with van der Waals surface area (Å²) in [5, 5.41) is 2.89. The van der Waals surface area contributed by atoms with Gasteiger partial charge in [0.05, 0.1) is 0 Å². The number of carbonyl (C=O) groups is 2. The monoisotopic (exact) mass is 276 g/mol. The van der Waals surface area contributed by atoms with E-state index in [-0.39, 0.29) is 12.1 Å². The number of nitrogens with zero attached hydrogens (tertiary/aromatic N) is 3. The molecule has 1 aliphatic heterocycles. The number of pyridine rings is 1. The summed E-state index contributed by atoms with van der Waals surface area (Å²) in [6.07, 6.45) is 0.746. The van der Waals surface area contributed by atoms with Crippen molar-refractivity contribution >= 4 is 18.1 Å². The number of hydrogen-bond donors (Lipinski definition) is 1. The summed E-state index contributed by atoms with van der Waals surface area (Å²) in [5.74, 6) is 0.790. The van der Waals surface area contributed by atoms with Gasteiger partial charge in [-0.15, -0.1) is 0 Å². The molecular formula is C14H20N4O2. The Balaban J connectivity index is 1.93. The van der Waals surface area contributed by atoms with Crippen molar-refractivity contribution in [3.8, 4) is 0 Å². The largest absolute Gasteiger partial charge is 0.353 e. The van der Waals surface area contributed by atoms with E-state index in [4.69, 9.17) is 0 Å². The van der Waals surface area contributed by atoms with Crippen LogP contribution in [0, 0.1) is 0 Å². The summed E-state index contributed by atoms with van der Waals surface area (Å²) in [6, 6.07) is 5.52. The van der Waals surface area contributed by atoms with Gasteiger partial charge in [0.25, 0.3) is 0 Å². The quantitative estimate of drug-likeness (QED) is 0.841. The normalized spacial score (nSPS) is 15.3. The maximum absolute atomic E-state index is 11.9. The first kappa shape index (κ1) is 14.3. The molecule has 1 fully saturated rings. The molecule has 1 N–H and O–H groups in total. The lowest BCUT2D eigenvalue weighted by molar-refractivity contribution is 0.111. The first-order chi connectivity index (χ1) is 9.60. The van der Waals surface area contributed by atoms with E-state index in [1.165, 1.54) is 0 Å². The van der Waals surface area contributed by atoms with Crippen LogP contribution in [0.1, 0.15) is 24.3 Å². The van der Waals surface area contributed by atoms with Gasteiger partial charge in [0.2, 0.25) is 0 Å². The van der Waals surface area contributed by atoms with E-state index < -0.39 is 0 Å². The van der Waals surface area contributed by atoms with Crippen LogP contribution >= 0.6 is 0 Å². The Hall–Kier alpha value is -2.11. The highest BCUT2D eigenvalue weighted by Crippen LogP contribution is 2.13. The molecule has 0 bridgehead atoms. The molecule has 6 heteroatoms. The Labute approximate surface area is 118 Å². The fourth-order valence-electron chi connectivity index (χ4n) is 2.16. The van der Waals surface area contributed by atoms with E-state index in [0.717, 1.165) is 25.2 Å². The second kappa shape index (κ2) is 6.36. The van der Waals surface area contributed by atoms with Gasteiger partial charge in [-0.1, -0.05) is 6.07 Å². The molecule has 0 atom stereocenters. The van der Waals surface area contributed by atoms with Gasteiger partial charge in [0.15, 0.2) is 6.29 Å². The molecule has 2 heterocycles. The van der Waals surface area contributed by atoms with Crippen molar-refractivity contribution in [2.45, 2.75) is 19.9 Å². The molecular weight excluding hydrogens is 256 g/mol. The second-order valence-electron chi connectivity index (χ2n) is 5.12. The number of urea groups is 1. The van der Waals surface area contributed by atoms with Crippen LogP contribution in [0.3, 0.4) is 0 Å². The maximum Gasteiger partial charge on any atom is 0.317 e. The molecule has 0 radical (unpaired) electrons. The van der Waals surface area contributed by atoms with Gasteiger partial charge in [-0.05, 0) is 26.0 Å². The molecule has 108 valence electrons. The second-order valence-corrected chi connectivity index (χ2v) is 5.12. The Morgan fingerprint density at radius 3 is 2.60 bits per heavy atom. The topological polar surface area (TPSA) is 65.5 Å². The molecule has 0 unspecified atom stereocenters. The third-order valence-electron chi connectivity index (χ3n) is 3.18. The number of anilines is 1. The summed E-state index contributed by atoms with van der Waals surface area (Å²) < 4.78 is 0. The van der Waals surface area contributed by atoms with Gasteiger partial charge in [-0.25, -0.2) is 9.78 Å². The van der Waals surface area contributed by atoms with Crippen LogP contribution in [-0.2, 0) is 0 Å². The SMILES string of the molecule is CC(C)NC(=O)N1CCN(c2cccc(C=O)n2)CC1. The van der Waals surface area contributed by atoms with Crippen molar-refractivity contribution < 1.29 is 9.59 Å². The van der Waals surface area contributed by atoms with Gasteiger partial charge in [0.1, 0.15) is 11.5 Å². The zero-order valence-electron chi connectivity index (χ0n) is 11.9. The molecule has 0 spiro atoms. The standard InChI is InChI=1S/C14H20N4O2/c1-11(2)15-14(20)18-8-6-17(7-9-18)13-5-3-4-12(10-19)16-13/h3-5,10-11H,6-9H2,1-2H3,(H,15,20). The summed E-state index contributed by atoms with van der Waals surface area (Å²) in [5.41, 5.74) is 0.433. The minimum Gasteiger partial charge on any atom is -0.353 e. The van der Waals surface area contributed by atoms with Gasteiger partial charge < -0.3 is 15.1 Å². The lowest BCUT2D eigenvalue weighted by Gasteiger charge is -2.35. The summed E-state index contributed by atoms with van der Waals surface area (Å²) in [4.78, 5) is 30.8. The number of carbonyl (C=O) groups excluding carboxylic acids is 2. The predicted octanol–water partition coefficient (Wildman–Crippen LogP) is 1.13. The predicted molar refractivity (Wildman–Crippen MR) is 77.1 cm³/mol. The van der Waals surface area contributed by atoms with Crippen LogP contribution in [-0.4, -0.2) is 54.4 Å². The van der Waals surface area contributed by atoms with Crippen LogP contribution in [0.2, 0.25) is 0 Å². The number of hydrogen-bond acceptors (Lipinski definition) is 4. The average molecular weight is 276 g/mol. The van der Waals surface area contributed by atoms with E-state index in [1.807, 2.05) is 26.0 Å². The maximum atomic E-state index is 11.9. The zero-order chi connectivity index (χ0) is 14.5. The summed E-state index contributed by atoms with van der Waals surface area (Å²) >= 11 is 0. The molecule has 20 heavy (non-hydrogen) atoms. The summed E-state index contributed by atoms with van der Waals surface area (Å²) in [6.45, 7) is 6.66. The molecule has 0 aromatic carbocycles. The van der Waals surface area contributed by atoms with Crippen molar-refractivity contribution in [3.05, 3.63) is 23.9 Å². The molecule has 1 aliphatic rings. The Kier molecular flexibility index (Phi) is 4.55. The van der Waals surface area contributed by atoms with Crippen LogP contribution in [0.15, 0.2) is 18.2 Å². The van der Waals surface area contributed by atoms with Crippen molar-refractivity contribution in [1.82, 2.24) is 15.2 Å². The fraction of sp³-hybridized carbons (Fsp3) is 0.500.